The molecule has 4 nitrogen and oxygen atoms in total. The smallest absolute Gasteiger partial charge is 0.349 e. The van der Waals surface area contributed by atoms with Crippen molar-refractivity contribution in [2.75, 3.05) is 18.0 Å². The molecular formula is C16H18ClNO3. The average Bonchev–Trinajstić information content (AvgIpc) is 2.46. The van der Waals surface area contributed by atoms with Gasteiger partial charge in [-0.2, -0.15) is 0 Å². The number of hydrogen-bond acceptors (Lipinski definition) is 4. The maximum Gasteiger partial charge on any atom is 0.349 e. The van der Waals surface area contributed by atoms with Crippen molar-refractivity contribution in [2.24, 2.45) is 0 Å². The Balaban J connectivity index is 3.06. The van der Waals surface area contributed by atoms with E-state index in [1.54, 1.807) is 6.07 Å². The standard InChI is InChI=1S/C16H18ClNO3/c1-5-18(6-2)15-11(8-19)16(20)21-12-7-9(3)14(17)10(4)13(12)15/h7-8H,5-6H2,1-4H3. The Bertz CT molecular complexity index is 760. The van der Waals surface area contributed by atoms with Crippen molar-refractivity contribution in [1.29, 1.82) is 0 Å². The summed E-state index contributed by atoms with van der Waals surface area (Å²) in [7, 11) is 0. The number of anilines is 1. The second kappa shape index (κ2) is 5.90. The van der Waals surface area contributed by atoms with Crippen molar-refractivity contribution >= 4 is 34.5 Å². The fraction of sp³-hybridized carbons (Fsp3) is 0.375. The number of carbonyl (C=O) groups is 1. The lowest BCUT2D eigenvalue weighted by atomic mass is 10.0. The molecule has 1 aromatic heterocycles. The quantitative estimate of drug-likeness (QED) is 0.638. The summed E-state index contributed by atoms with van der Waals surface area (Å²) in [6.07, 6.45) is 0.562. The minimum absolute atomic E-state index is 0.0502. The maximum absolute atomic E-state index is 12.1. The third-order valence-corrected chi connectivity index (χ3v) is 4.34. The molecule has 0 unspecified atom stereocenters. The lowest BCUT2D eigenvalue weighted by molar-refractivity contribution is 0.112. The number of nitrogens with zero attached hydrogens (tertiary/aromatic N) is 1. The van der Waals surface area contributed by atoms with E-state index in [0.717, 1.165) is 16.5 Å². The van der Waals surface area contributed by atoms with Gasteiger partial charge in [-0.3, -0.25) is 4.79 Å². The van der Waals surface area contributed by atoms with Gasteiger partial charge in [-0.25, -0.2) is 4.79 Å². The van der Waals surface area contributed by atoms with Gasteiger partial charge in [-0.15, -0.1) is 0 Å². The lowest BCUT2D eigenvalue weighted by Crippen LogP contribution is -2.26. The highest BCUT2D eigenvalue weighted by Gasteiger charge is 2.21. The first-order chi connectivity index (χ1) is 9.96. The van der Waals surface area contributed by atoms with Crippen LogP contribution in [0.4, 0.5) is 5.69 Å². The van der Waals surface area contributed by atoms with Gasteiger partial charge < -0.3 is 9.32 Å². The third kappa shape index (κ3) is 2.44. The van der Waals surface area contributed by atoms with Crippen molar-refractivity contribution in [3.8, 4) is 0 Å². The maximum atomic E-state index is 12.1. The number of hydrogen-bond donors (Lipinski definition) is 0. The van der Waals surface area contributed by atoms with Crippen LogP contribution in [0.2, 0.25) is 5.02 Å². The molecule has 0 atom stereocenters. The van der Waals surface area contributed by atoms with Crippen molar-refractivity contribution in [3.63, 3.8) is 0 Å². The van der Waals surface area contributed by atoms with Crippen molar-refractivity contribution < 1.29 is 9.21 Å². The summed E-state index contributed by atoms with van der Waals surface area (Å²) in [6.45, 7) is 9.05. The topological polar surface area (TPSA) is 50.5 Å². The molecule has 1 aromatic carbocycles. The molecule has 1 heterocycles. The molecule has 5 heteroatoms. The Morgan fingerprint density at radius 1 is 1.29 bits per heavy atom. The highest BCUT2D eigenvalue weighted by Crippen LogP contribution is 2.36. The molecule has 0 amide bonds. The van der Waals surface area contributed by atoms with E-state index in [9.17, 15) is 9.59 Å². The fourth-order valence-electron chi connectivity index (χ4n) is 2.66. The van der Waals surface area contributed by atoms with Gasteiger partial charge in [0, 0.05) is 23.5 Å². The molecule has 0 aliphatic carbocycles. The van der Waals surface area contributed by atoms with E-state index in [1.165, 1.54) is 0 Å². The van der Waals surface area contributed by atoms with Crippen molar-refractivity contribution in [3.05, 3.63) is 38.2 Å². The molecule has 0 saturated carbocycles. The van der Waals surface area contributed by atoms with Gasteiger partial charge in [-0.05, 0) is 44.9 Å². The highest BCUT2D eigenvalue weighted by atomic mass is 35.5. The largest absolute Gasteiger partial charge is 0.422 e. The van der Waals surface area contributed by atoms with Crippen LogP contribution in [0.15, 0.2) is 15.3 Å². The SMILES string of the molecule is CCN(CC)c1c(C=O)c(=O)oc2cc(C)c(Cl)c(C)c12. The van der Waals surface area contributed by atoms with Crippen LogP contribution in [-0.4, -0.2) is 19.4 Å². The van der Waals surface area contributed by atoms with Crippen LogP contribution in [0.1, 0.15) is 35.3 Å². The molecule has 2 aromatic rings. The van der Waals surface area contributed by atoms with Crippen LogP contribution in [0, 0.1) is 13.8 Å². The van der Waals surface area contributed by atoms with Gasteiger partial charge in [0.05, 0.1) is 5.69 Å². The van der Waals surface area contributed by atoms with Crippen molar-refractivity contribution in [1.82, 2.24) is 0 Å². The molecule has 0 saturated heterocycles. The van der Waals surface area contributed by atoms with Gasteiger partial charge in [0.15, 0.2) is 6.29 Å². The second-order valence-corrected chi connectivity index (χ2v) is 5.33. The molecule has 0 spiro atoms. The summed E-state index contributed by atoms with van der Waals surface area (Å²) < 4.78 is 5.31. The molecule has 0 radical (unpaired) electrons. The Labute approximate surface area is 128 Å². The molecule has 112 valence electrons. The van der Waals surface area contributed by atoms with E-state index in [0.29, 0.717) is 35.7 Å². The van der Waals surface area contributed by atoms with E-state index >= 15 is 0 Å². The minimum Gasteiger partial charge on any atom is -0.422 e. The van der Waals surface area contributed by atoms with E-state index < -0.39 is 5.63 Å². The number of aldehydes is 1. The molecule has 0 N–H and O–H groups in total. The molecule has 0 aliphatic rings. The van der Waals surface area contributed by atoms with E-state index in [2.05, 4.69) is 0 Å². The third-order valence-electron chi connectivity index (χ3n) is 3.76. The Hall–Kier alpha value is -1.81. The summed E-state index contributed by atoms with van der Waals surface area (Å²) >= 11 is 6.33. The number of halogens is 1. The van der Waals surface area contributed by atoms with Crippen LogP contribution in [-0.2, 0) is 0 Å². The van der Waals surface area contributed by atoms with Crippen LogP contribution < -0.4 is 10.5 Å². The lowest BCUT2D eigenvalue weighted by Gasteiger charge is -2.24. The number of benzene rings is 1. The highest BCUT2D eigenvalue weighted by molar-refractivity contribution is 6.33. The monoisotopic (exact) mass is 307 g/mol. The Morgan fingerprint density at radius 2 is 1.90 bits per heavy atom. The zero-order valence-electron chi connectivity index (χ0n) is 12.6. The van der Waals surface area contributed by atoms with Crippen LogP contribution >= 0.6 is 11.6 Å². The van der Waals surface area contributed by atoms with E-state index in [-0.39, 0.29) is 5.56 Å². The fourth-order valence-corrected chi connectivity index (χ4v) is 2.80. The van der Waals surface area contributed by atoms with Crippen LogP contribution in [0.25, 0.3) is 11.0 Å². The normalized spacial score (nSPS) is 10.9. The summed E-state index contributed by atoms with van der Waals surface area (Å²) in [4.78, 5) is 25.4. The molecule has 0 fully saturated rings. The van der Waals surface area contributed by atoms with Gasteiger partial charge in [-0.1, -0.05) is 11.6 Å². The summed E-state index contributed by atoms with van der Waals surface area (Å²) in [5.74, 6) is 0. The predicted molar refractivity (Wildman–Crippen MR) is 85.9 cm³/mol. The van der Waals surface area contributed by atoms with Gasteiger partial charge in [0.1, 0.15) is 11.1 Å². The number of carbonyl (C=O) groups excluding carboxylic acids is 1. The van der Waals surface area contributed by atoms with E-state index in [1.807, 2.05) is 32.6 Å². The summed E-state index contributed by atoms with van der Waals surface area (Å²) in [5, 5.41) is 1.36. The average molecular weight is 308 g/mol. The number of aryl methyl sites for hydroxylation is 2. The minimum atomic E-state index is -0.611. The number of rotatable bonds is 4. The first kappa shape index (κ1) is 15.6. The molecule has 0 bridgehead atoms. The second-order valence-electron chi connectivity index (χ2n) is 4.95. The van der Waals surface area contributed by atoms with Gasteiger partial charge >= 0.3 is 5.63 Å². The predicted octanol–water partition coefficient (Wildman–Crippen LogP) is 3.72. The zero-order valence-corrected chi connectivity index (χ0v) is 13.4. The Kier molecular flexibility index (Phi) is 4.37. The molecular weight excluding hydrogens is 290 g/mol. The zero-order chi connectivity index (χ0) is 15.7. The van der Waals surface area contributed by atoms with Crippen molar-refractivity contribution in [2.45, 2.75) is 27.7 Å². The van der Waals surface area contributed by atoms with Gasteiger partial charge in [0.25, 0.3) is 0 Å². The molecule has 21 heavy (non-hydrogen) atoms. The first-order valence-electron chi connectivity index (χ1n) is 6.92. The summed E-state index contributed by atoms with van der Waals surface area (Å²) in [6, 6.07) is 1.74. The van der Waals surface area contributed by atoms with E-state index in [4.69, 9.17) is 16.0 Å². The number of fused-ring (bicyclic) bond motifs is 1. The van der Waals surface area contributed by atoms with Crippen LogP contribution in [0.3, 0.4) is 0 Å². The summed E-state index contributed by atoms with van der Waals surface area (Å²) in [5.41, 5.74) is 2.18. The van der Waals surface area contributed by atoms with Gasteiger partial charge in [0.2, 0.25) is 0 Å². The first-order valence-corrected chi connectivity index (χ1v) is 7.30. The van der Waals surface area contributed by atoms with Crippen LogP contribution in [0.5, 0.6) is 0 Å². The Morgan fingerprint density at radius 3 is 2.43 bits per heavy atom. The molecule has 2 rings (SSSR count). The molecule has 0 aliphatic heterocycles.